The summed E-state index contributed by atoms with van der Waals surface area (Å²) in [5.41, 5.74) is 0. The number of hydrogen-bond donors (Lipinski definition) is 0. The summed E-state index contributed by atoms with van der Waals surface area (Å²) in [6.07, 6.45) is 6.91. The van der Waals surface area contributed by atoms with E-state index < -0.39 is 0 Å². The standard InChI is InChI=1S/C7H10/c1-2-4-7-5-6(7)3-1/h1-2,6-7H,3-5H2/t6-,7-/m1/s1/i3D/t3-,6-,7-. The fourth-order valence-corrected chi connectivity index (χ4v) is 1.25. The van der Waals surface area contributed by atoms with Crippen LogP contribution in [0.3, 0.4) is 0 Å². The van der Waals surface area contributed by atoms with Crippen LogP contribution in [0.1, 0.15) is 20.6 Å². The second kappa shape index (κ2) is 1.12. The van der Waals surface area contributed by atoms with Gasteiger partial charge in [-0.25, -0.2) is 0 Å². The molecule has 0 radical (unpaired) electrons. The Morgan fingerprint density at radius 3 is 3.14 bits per heavy atom. The summed E-state index contributed by atoms with van der Waals surface area (Å²) in [7, 11) is 0. The van der Waals surface area contributed by atoms with Gasteiger partial charge in [-0.2, -0.15) is 0 Å². The normalized spacial score (nSPS) is 58.3. The van der Waals surface area contributed by atoms with Gasteiger partial charge in [0.1, 0.15) is 0 Å². The van der Waals surface area contributed by atoms with Crippen molar-refractivity contribution in [3.05, 3.63) is 12.2 Å². The smallest absolute Gasteiger partial charge is 0.0313 e. The van der Waals surface area contributed by atoms with Gasteiger partial charge in [0.05, 0.1) is 0 Å². The third-order valence-corrected chi connectivity index (χ3v) is 1.91. The van der Waals surface area contributed by atoms with Crippen LogP contribution in [0.2, 0.25) is 0 Å². The van der Waals surface area contributed by atoms with E-state index in [0.717, 1.165) is 11.8 Å². The highest BCUT2D eigenvalue weighted by atomic mass is 14.4. The van der Waals surface area contributed by atoms with Gasteiger partial charge < -0.3 is 0 Å². The molecule has 7 heavy (non-hydrogen) atoms. The molecule has 0 aromatic rings. The largest absolute Gasteiger partial charge is 0.0882 e. The van der Waals surface area contributed by atoms with E-state index in [2.05, 4.69) is 6.08 Å². The zero-order valence-corrected chi connectivity index (χ0v) is 4.30. The Hall–Kier alpha value is -0.260. The predicted octanol–water partition coefficient (Wildman–Crippen LogP) is 1.97. The predicted molar refractivity (Wildman–Crippen MR) is 30.0 cm³/mol. The van der Waals surface area contributed by atoms with Gasteiger partial charge in [-0.15, -0.1) is 0 Å². The highest BCUT2D eigenvalue weighted by molar-refractivity contribution is 5.02. The Morgan fingerprint density at radius 2 is 2.43 bits per heavy atom. The zero-order chi connectivity index (χ0) is 5.56. The summed E-state index contributed by atoms with van der Waals surface area (Å²) in [6.45, 7) is 0. The molecule has 0 aliphatic heterocycles. The average Bonchev–Trinajstić information content (AvgIpc) is 2.45. The summed E-state index contributed by atoms with van der Waals surface area (Å²) in [6, 6.07) is 0. The van der Waals surface area contributed by atoms with Crippen LogP contribution in [0, 0.1) is 11.8 Å². The average molecular weight is 95.2 g/mol. The van der Waals surface area contributed by atoms with E-state index in [1.807, 2.05) is 6.08 Å². The van der Waals surface area contributed by atoms with Crippen LogP contribution in [0.4, 0.5) is 0 Å². The van der Waals surface area contributed by atoms with E-state index in [4.69, 9.17) is 1.37 Å². The molecule has 0 heterocycles. The lowest BCUT2D eigenvalue weighted by atomic mass is 10.1. The van der Waals surface area contributed by atoms with Gasteiger partial charge in [0.25, 0.3) is 0 Å². The highest BCUT2D eigenvalue weighted by Crippen LogP contribution is 2.46. The maximum absolute atomic E-state index is 7.43. The lowest BCUT2D eigenvalue weighted by Gasteiger charge is -1.96. The van der Waals surface area contributed by atoms with E-state index in [1.54, 1.807) is 0 Å². The van der Waals surface area contributed by atoms with Gasteiger partial charge in [-0.3, -0.25) is 0 Å². The van der Waals surface area contributed by atoms with Crippen LogP contribution in [-0.4, -0.2) is 0 Å². The lowest BCUT2D eigenvalue weighted by molar-refractivity contribution is 0.689. The van der Waals surface area contributed by atoms with Crippen LogP contribution in [0.25, 0.3) is 0 Å². The fraction of sp³-hybridized carbons (Fsp3) is 0.714. The third kappa shape index (κ3) is 0.495. The van der Waals surface area contributed by atoms with Crippen LogP contribution in [-0.2, 0) is 0 Å². The molecule has 38 valence electrons. The van der Waals surface area contributed by atoms with Crippen molar-refractivity contribution < 1.29 is 1.37 Å². The summed E-state index contributed by atoms with van der Waals surface area (Å²) >= 11 is 0. The molecule has 2 rings (SSSR count). The molecule has 0 amide bonds. The maximum Gasteiger partial charge on any atom is 0.0313 e. The molecule has 3 atom stereocenters. The van der Waals surface area contributed by atoms with E-state index >= 15 is 0 Å². The molecule has 0 aromatic heterocycles. The molecule has 0 heteroatoms. The first-order valence-corrected chi connectivity index (χ1v) is 2.97. The van der Waals surface area contributed by atoms with E-state index in [0.29, 0.717) is 0 Å². The van der Waals surface area contributed by atoms with E-state index in [1.165, 1.54) is 12.8 Å². The minimum atomic E-state index is 0.147. The monoisotopic (exact) mass is 95.1 g/mol. The molecular formula is C7H10. The first-order valence-electron chi connectivity index (χ1n) is 3.54. The van der Waals surface area contributed by atoms with Gasteiger partial charge in [-0.1, -0.05) is 12.2 Å². The molecule has 2 aliphatic carbocycles. The van der Waals surface area contributed by atoms with Gasteiger partial charge in [0.15, 0.2) is 0 Å². The van der Waals surface area contributed by atoms with Crippen LogP contribution < -0.4 is 0 Å². The van der Waals surface area contributed by atoms with Crippen molar-refractivity contribution in [3.8, 4) is 0 Å². The summed E-state index contributed by atoms with van der Waals surface area (Å²) < 4.78 is 7.43. The second-order valence-electron chi connectivity index (χ2n) is 2.52. The summed E-state index contributed by atoms with van der Waals surface area (Å²) in [4.78, 5) is 0. The maximum atomic E-state index is 7.43. The molecule has 0 saturated heterocycles. The Labute approximate surface area is 45.6 Å². The third-order valence-electron chi connectivity index (χ3n) is 1.91. The summed E-state index contributed by atoms with van der Waals surface area (Å²) in [5, 5.41) is 0. The van der Waals surface area contributed by atoms with Crippen LogP contribution in [0.15, 0.2) is 12.2 Å². The SMILES string of the molecule is [2H][C@@H]1C=CC[C@@H]2C[C@H]21. The topological polar surface area (TPSA) is 0 Å². The molecule has 0 nitrogen and oxygen atoms in total. The zero-order valence-electron chi connectivity index (χ0n) is 5.30. The molecule has 1 saturated carbocycles. The molecule has 1 fully saturated rings. The molecule has 0 aromatic carbocycles. The van der Waals surface area contributed by atoms with E-state index in [9.17, 15) is 0 Å². The lowest BCUT2D eigenvalue weighted by Crippen LogP contribution is -1.83. The minimum absolute atomic E-state index is 0.147. The van der Waals surface area contributed by atoms with E-state index in [-0.39, 0.29) is 6.40 Å². The molecule has 0 unspecified atom stereocenters. The fourth-order valence-electron chi connectivity index (χ4n) is 1.25. The number of rotatable bonds is 0. The van der Waals surface area contributed by atoms with Gasteiger partial charge in [-0.05, 0) is 31.1 Å². The molecule has 0 bridgehead atoms. The Kier molecular flexibility index (Phi) is 0.464. The van der Waals surface area contributed by atoms with Crippen molar-refractivity contribution in [2.24, 2.45) is 11.8 Å². The number of hydrogen-bond acceptors (Lipinski definition) is 0. The van der Waals surface area contributed by atoms with Crippen LogP contribution in [0.5, 0.6) is 0 Å². The van der Waals surface area contributed by atoms with Crippen molar-refractivity contribution in [2.75, 3.05) is 0 Å². The number of fused-ring (bicyclic) bond motifs is 1. The Bertz CT molecular complexity index is 128. The molecular weight excluding hydrogens is 84.1 g/mol. The Morgan fingerprint density at radius 1 is 1.43 bits per heavy atom. The first-order chi connectivity index (χ1) is 3.88. The van der Waals surface area contributed by atoms with Crippen molar-refractivity contribution in [2.45, 2.75) is 19.2 Å². The number of allylic oxidation sites excluding steroid dienone is 2. The van der Waals surface area contributed by atoms with Crippen molar-refractivity contribution in [1.29, 1.82) is 0 Å². The first kappa shape index (κ1) is 2.91. The molecule has 0 N–H and O–H groups in total. The molecule has 0 spiro atoms. The second-order valence-corrected chi connectivity index (χ2v) is 2.52. The van der Waals surface area contributed by atoms with Gasteiger partial charge >= 0.3 is 0 Å². The quantitative estimate of drug-likeness (QED) is 0.403. The van der Waals surface area contributed by atoms with Crippen LogP contribution >= 0.6 is 0 Å². The molecule has 2 aliphatic rings. The van der Waals surface area contributed by atoms with Crippen molar-refractivity contribution in [3.63, 3.8) is 0 Å². The van der Waals surface area contributed by atoms with Gasteiger partial charge in [0.2, 0.25) is 0 Å². The van der Waals surface area contributed by atoms with Crippen molar-refractivity contribution >= 4 is 0 Å². The van der Waals surface area contributed by atoms with Gasteiger partial charge in [0, 0.05) is 1.37 Å². The summed E-state index contributed by atoms with van der Waals surface area (Å²) in [5.74, 6) is 1.66. The highest BCUT2D eigenvalue weighted by Gasteiger charge is 2.36. The minimum Gasteiger partial charge on any atom is -0.0882 e. The van der Waals surface area contributed by atoms with Crippen molar-refractivity contribution in [1.82, 2.24) is 0 Å². The Balaban J connectivity index is 2.13.